The molecule has 2 saturated heterocycles. The number of fused-ring (bicyclic) bond motifs is 4. The van der Waals surface area contributed by atoms with Gasteiger partial charge in [-0.25, -0.2) is 9.59 Å². The molecule has 12 atom stereocenters. The van der Waals surface area contributed by atoms with Gasteiger partial charge in [0.05, 0.1) is 36.6 Å². The summed E-state index contributed by atoms with van der Waals surface area (Å²) < 4.78 is 22.4. The highest BCUT2D eigenvalue weighted by atomic mass is 16.7. The molecule has 3 heterocycles. The number of cyclic esters (lactones) is 2. The summed E-state index contributed by atoms with van der Waals surface area (Å²) in [5.41, 5.74) is 0. The number of aliphatic hydroxyl groups is 6. The van der Waals surface area contributed by atoms with Crippen LogP contribution in [-0.4, -0.2) is 115 Å². The molecule has 3 rings (SSSR count). The fraction of sp³-hybridized carbons (Fsp3) is 0.727. The molecule has 0 saturated carbocycles. The number of ketones is 2. The fourth-order valence-corrected chi connectivity index (χ4v) is 7.45. The standard InChI is InChI=1S/C44H68O14/c1-29-21-23-37-27-35(47)25-33(45)19-15-11-8-6-10-14-18-32(4)56-42(52)40(50)44(54)30(2)22-24-38(58-44)28-36(48)26-34(46)20-16-12-7-5-9-13-17-31(3)55-41(51)39(49)43(29,53)57-37/h5-12,29-34,37-40,45-46,49-50,53-54H,13-28H2,1-4H3/b9-5-,10-6-,11-8+,12-7+/t29-,30-,31+,32+,33+,34+,37+,38+,39-,40-,43-,44-/m1/s1. The van der Waals surface area contributed by atoms with E-state index in [0.29, 0.717) is 77.0 Å². The van der Waals surface area contributed by atoms with E-state index < -0.39 is 84.2 Å². The van der Waals surface area contributed by atoms with E-state index in [2.05, 4.69) is 0 Å². The van der Waals surface area contributed by atoms with Gasteiger partial charge in [-0.15, -0.1) is 0 Å². The number of hydrogen-bond donors (Lipinski definition) is 6. The van der Waals surface area contributed by atoms with Gasteiger partial charge in [-0.1, -0.05) is 62.5 Å². The van der Waals surface area contributed by atoms with Crippen molar-refractivity contribution in [2.75, 3.05) is 0 Å². The lowest BCUT2D eigenvalue weighted by Crippen LogP contribution is -2.58. The molecule has 4 bridgehead atoms. The lowest BCUT2D eigenvalue weighted by Gasteiger charge is -2.43. The smallest absolute Gasteiger partial charge is 0.340 e. The molecule has 328 valence electrons. The van der Waals surface area contributed by atoms with Crippen LogP contribution in [0.3, 0.4) is 0 Å². The van der Waals surface area contributed by atoms with Crippen LogP contribution in [0.25, 0.3) is 0 Å². The molecule has 14 nitrogen and oxygen atoms in total. The minimum Gasteiger partial charge on any atom is -0.461 e. The Bertz CT molecular complexity index is 1330. The number of allylic oxidation sites excluding steroid dienone is 8. The Kier molecular flexibility index (Phi) is 20.6. The molecule has 0 aromatic rings. The number of aliphatic hydroxyl groups excluding tert-OH is 4. The van der Waals surface area contributed by atoms with Crippen molar-refractivity contribution in [3.05, 3.63) is 48.6 Å². The van der Waals surface area contributed by atoms with Gasteiger partial charge in [-0.3, -0.25) is 9.59 Å². The van der Waals surface area contributed by atoms with Gasteiger partial charge in [-0.2, -0.15) is 0 Å². The molecule has 2 fully saturated rings. The average molecular weight is 821 g/mol. The maximum atomic E-state index is 12.9. The molecule has 0 aromatic carbocycles. The Morgan fingerprint density at radius 3 is 1.16 bits per heavy atom. The Morgan fingerprint density at radius 1 is 0.483 bits per heavy atom. The lowest BCUT2D eigenvalue weighted by atomic mass is 9.85. The van der Waals surface area contributed by atoms with E-state index in [1.165, 1.54) is 0 Å². The van der Waals surface area contributed by atoms with Crippen LogP contribution in [0.15, 0.2) is 48.6 Å². The number of rotatable bonds is 0. The van der Waals surface area contributed by atoms with Crippen LogP contribution in [0.4, 0.5) is 0 Å². The van der Waals surface area contributed by atoms with E-state index in [9.17, 15) is 49.8 Å². The fourth-order valence-electron chi connectivity index (χ4n) is 7.45. The minimum atomic E-state index is -2.24. The van der Waals surface area contributed by atoms with Crippen LogP contribution in [0.5, 0.6) is 0 Å². The molecule has 0 unspecified atom stereocenters. The molecular weight excluding hydrogens is 752 g/mol. The van der Waals surface area contributed by atoms with Crippen LogP contribution in [-0.2, 0) is 38.1 Å². The van der Waals surface area contributed by atoms with Crippen molar-refractivity contribution in [1.82, 2.24) is 0 Å². The van der Waals surface area contributed by atoms with Crippen molar-refractivity contribution in [3.8, 4) is 0 Å². The normalized spacial score (nSPS) is 40.8. The highest BCUT2D eigenvalue weighted by Crippen LogP contribution is 2.38. The topological polar surface area (TPSA) is 227 Å². The monoisotopic (exact) mass is 820 g/mol. The largest absolute Gasteiger partial charge is 0.461 e. The van der Waals surface area contributed by atoms with Gasteiger partial charge in [-0.05, 0) is 90.9 Å². The van der Waals surface area contributed by atoms with Crippen LogP contribution in [0, 0.1) is 11.8 Å². The molecule has 14 heteroatoms. The Balaban J connectivity index is 1.63. The molecule has 0 spiro atoms. The summed E-state index contributed by atoms with van der Waals surface area (Å²) in [6, 6.07) is 0. The summed E-state index contributed by atoms with van der Waals surface area (Å²) >= 11 is 0. The zero-order chi connectivity index (χ0) is 42.9. The molecule has 0 radical (unpaired) electrons. The lowest BCUT2D eigenvalue weighted by molar-refractivity contribution is -0.317. The predicted molar refractivity (Wildman–Crippen MR) is 214 cm³/mol. The molecular formula is C44H68O14. The van der Waals surface area contributed by atoms with Gasteiger partial charge in [0.15, 0.2) is 0 Å². The molecule has 0 aliphatic carbocycles. The van der Waals surface area contributed by atoms with Crippen molar-refractivity contribution in [2.45, 2.75) is 191 Å². The van der Waals surface area contributed by atoms with Gasteiger partial charge in [0, 0.05) is 37.5 Å². The summed E-state index contributed by atoms with van der Waals surface area (Å²) in [6.45, 7) is 6.65. The second-order valence-electron chi connectivity index (χ2n) is 16.5. The maximum Gasteiger partial charge on any atom is 0.340 e. The van der Waals surface area contributed by atoms with Gasteiger partial charge < -0.3 is 49.6 Å². The van der Waals surface area contributed by atoms with Gasteiger partial charge in [0.1, 0.15) is 11.6 Å². The Morgan fingerprint density at radius 2 is 0.810 bits per heavy atom. The number of carbonyl (C=O) groups is 4. The van der Waals surface area contributed by atoms with Crippen LogP contribution < -0.4 is 0 Å². The van der Waals surface area contributed by atoms with Gasteiger partial charge in [0.25, 0.3) is 0 Å². The maximum absolute atomic E-state index is 12.9. The number of Topliss-reactive ketones (excluding diaryl/α,β-unsaturated/α-hetero) is 2. The van der Waals surface area contributed by atoms with E-state index in [4.69, 9.17) is 18.9 Å². The van der Waals surface area contributed by atoms with Crippen molar-refractivity contribution in [2.24, 2.45) is 11.8 Å². The molecule has 6 N–H and O–H groups in total. The first-order chi connectivity index (χ1) is 27.4. The number of ether oxygens (including phenoxy) is 4. The third-order valence-electron chi connectivity index (χ3n) is 11.2. The van der Waals surface area contributed by atoms with E-state index in [-0.39, 0.29) is 37.2 Å². The van der Waals surface area contributed by atoms with Crippen molar-refractivity contribution < 1.29 is 68.8 Å². The first-order valence-corrected chi connectivity index (χ1v) is 21.0. The van der Waals surface area contributed by atoms with Gasteiger partial charge in [0.2, 0.25) is 23.8 Å². The van der Waals surface area contributed by atoms with Crippen molar-refractivity contribution >= 4 is 23.5 Å². The highest BCUT2D eigenvalue weighted by Gasteiger charge is 2.52. The quantitative estimate of drug-likeness (QED) is 0.187. The Hall–Kier alpha value is -3.08. The van der Waals surface area contributed by atoms with Crippen molar-refractivity contribution in [1.29, 1.82) is 0 Å². The second-order valence-corrected chi connectivity index (χ2v) is 16.5. The van der Waals surface area contributed by atoms with Crippen LogP contribution in [0.1, 0.15) is 130 Å². The predicted octanol–water partition coefficient (Wildman–Crippen LogP) is 4.36. The third-order valence-corrected chi connectivity index (χ3v) is 11.2. The number of carbonyl (C=O) groups excluding carboxylic acids is 4. The zero-order valence-corrected chi connectivity index (χ0v) is 34.7. The molecule has 3 aliphatic heterocycles. The summed E-state index contributed by atoms with van der Waals surface area (Å²) in [5, 5.41) is 65.2. The SMILES string of the molecule is C[C@@H]1CC[C@H]2CC(=O)C[C@@H](O)CC/C=C/C=C\CC[C@H](C)OC(=O)[C@@H](O)[C@]3(O)O[C@@H](CC[C@H]3C)CC(=O)C[C@@H](O)CC/C=C/C=C\CC[C@H](C)OC(=O)[C@@H](O)[C@]1(O)O2. The summed E-state index contributed by atoms with van der Waals surface area (Å²) in [7, 11) is 0. The summed E-state index contributed by atoms with van der Waals surface area (Å²) in [5.74, 6) is -8.28. The second kappa shape index (κ2) is 24.2. The van der Waals surface area contributed by atoms with E-state index in [0.717, 1.165) is 0 Å². The first kappa shape index (κ1) is 49.3. The van der Waals surface area contributed by atoms with E-state index in [1.807, 2.05) is 24.3 Å². The van der Waals surface area contributed by atoms with E-state index >= 15 is 0 Å². The highest BCUT2D eigenvalue weighted by molar-refractivity contribution is 5.80. The summed E-state index contributed by atoms with van der Waals surface area (Å²) in [4.78, 5) is 51.4. The van der Waals surface area contributed by atoms with Crippen LogP contribution >= 0.6 is 0 Å². The minimum absolute atomic E-state index is 0.0925. The van der Waals surface area contributed by atoms with Crippen molar-refractivity contribution in [3.63, 3.8) is 0 Å². The number of esters is 2. The molecule has 58 heavy (non-hydrogen) atoms. The van der Waals surface area contributed by atoms with Gasteiger partial charge >= 0.3 is 11.9 Å². The first-order valence-electron chi connectivity index (χ1n) is 21.0. The zero-order valence-electron chi connectivity index (χ0n) is 34.7. The third kappa shape index (κ3) is 15.8. The Labute approximate surface area is 343 Å². The molecule has 0 aromatic heterocycles. The van der Waals surface area contributed by atoms with Crippen LogP contribution in [0.2, 0.25) is 0 Å². The average Bonchev–Trinajstić information content (AvgIpc) is 3.15. The summed E-state index contributed by atoms with van der Waals surface area (Å²) in [6.07, 6.45) is 11.1. The molecule has 0 amide bonds. The number of hydrogen-bond acceptors (Lipinski definition) is 14. The molecule has 3 aliphatic rings. The van der Waals surface area contributed by atoms with E-state index in [1.54, 1.807) is 52.0 Å².